The minimum atomic E-state index is 0.384. The Kier molecular flexibility index (Phi) is 5.64. The minimum Gasteiger partial charge on any atom is -0.377 e. The van der Waals surface area contributed by atoms with Crippen molar-refractivity contribution in [3.63, 3.8) is 0 Å². The van der Waals surface area contributed by atoms with Gasteiger partial charge in [-0.2, -0.15) is 0 Å². The summed E-state index contributed by atoms with van der Waals surface area (Å²) in [6, 6.07) is 9.62. The van der Waals surface area contributed by atoms with Crippen LogP contribution in [0.4, 0.5) is 5.82 Å². The van der Waals surface area contributed by atoms with E-state index >= 15 is 0 Å². The summed E-state index contributed by atoms with van der Waals surface area (Å²) in [6.07, 6.45) is 0. The summed E-state index contributed by atoms with van der Waals surface area (Å²) >= 11 is 7.69. The standard InChI is InChI=1S/C14H16ClN3OS/c1-3-16-12-8-14(18-13(17-12)9-19-2)20-11-7-5-4-6-10(11)15/h4-8H,3,9H2,1-2H3,(H,16,17,18). The van der Waals surface area contributed by atoms with Crippen LogP contribution in [-0.4, -0.2) is 23.6 Å². The molecule has 0 fully saturated rings. The highest BCUT2D eigenvalue weighted by Gasteiger charge is 2.08. The largest absolute Gasteiger partial charge is 0.377 e. The Bertz CT molecular complexity index is 556. The van der Waals surface area contributed by atoms with Crippen molar-refractivity contribution in [1.82, 2.24) is 9.97 Å². The number of halogens is 1. The van der Waals surface area contributed by atoms with Gasteiger partial charge in [0.1, 0.15) is 17.5 Å². The zero-order valence-electron chi connectivity index (χ0n) is 11.4. The van der Waals surface area contributed by atoms with E-state index in [9.17, 15) is 0 Å². The molecule has 0 spiro atoms. The van der Waals surface area contributed by atoms with Crippen LogP contribution in [0, 0.1) is 0 Å². The fraction of sp³-hybridized carbons (Fsp3) is 0.286. The van der Waals surface area contributed by atoms with Gasteiger partial charge >= 0.3 is 0 Å². The molecule has 0 radical (unpaired) electrons. The van der Waals surface area contributed by atoms with Crippen LogP contribution >= 0.6 is 23.4 Å². The van der Waals surface area contributed by atoms with Crippen molar-refractivity contribution in [2.75, 3.05) is 19.0 Å². The highest BCUT2D eigenvalue weighted by atomic mass is 35.5. The molecule has 0 unspecified atom stereocenters. The summed E-state index contributed by atoms with van der Waals surface area (Å²) in [5.41, 5.74) is 0. The van der Waals surface area contributed by atoms with E-state index in [-0.39, 0.29) is 0 Å². The molecule has 6 heteroatoms. The molecule has 1 heterocycles. The number of benzene rings is 1. The number of nitrogens with one attached hydrogen (secondary N) is 1. The molecule has 0 amide bonds. The molecular formula is C14H16ClN3OS. The second-order valence-electron chi connectivity index (χ2n) is 4.00. The maximum atomic E-state index is 6.17. The van der Waals surface area contributed by atoms with E-state index in [1.165, 1.54) is 11.8 Å². The third-order valence-electron chi connectivity index (χ3n) is 2.43. The SMILES string of the molecule is CCNc1cc(Sc2ccccc2Cl)nc(COC)n1. The van der Waals surface area contributed by atoms with Gasteiger partial charge in [-0.3, -0.25) is 0 Å². The predicted octanol–water partition coefficient (Wildman–Crippen LogP) is 3.86. The lowest BCUT2D eigenvalue weighted by Crippen LogP contribution is -2.05. The maximum absolute atomic E-state index is 6.17. The van der Waals surface area contributed by atoms with E-state index in [2.05, 4.69) is 15.3 Å². The van der Waals surface area contributed by atoms with Gasteiger partial charge in [0, 0.05) is 24.6 Å². The fourth-order valence-electron chi connectivity index (χ4n) is 1.63. The third kappa shape index (κ3) is 4.10. The molecule has 0 saturated carbocycles. The van der Waals surface area contributed by atoms with Crippen LogP contribution in [0.1, 0.15) is 12.7 Å². The molecule has 1 N–H and O–H groups in total. The number of hydrogen-bond donors (Lipinski definition) is 1. The summed E-state index contributed by atoms with van der Waals surface area (Å²) in [7, 11) is 1.63. The topological polar surface area (TPSA) is 47.0 Å². The molecule has 4 nitrogen and oxygen atoms in total. The molecule has 0 aliphatic rings. The lowest BCUT2D eigenvalue weighted by molar-refractivity contribution is 0.177. The van der Waals surface area contributed by atoms with Gasteiger partial charge in [0.25, 0.3) is 0 Å². The van der Waals surface area contributed by atoms with Gasteiger partial charge < -0.3 is 10.1 Å². The first-order valence-electron chi connectivity index (χ1n) is 6.26. The number of aromatic nitrogens is 2. The van der Waals surface area contributed by atoms with Crippen molar-refractivity contribution >= 4 is 29.2 Å². The molecule has 1 aromatic heterocycles. The zero-order chi connectivity index (χ0) is 14.4. The van der Waals surface area contributed by atoms with Gasteiger partial charge in [0.15, 0.2) is 5.82 Å². The smallest absolute Gasteiger partial charge is 0.157 e. The predicted molar refractivity (Wildman–Crippen MR) is 82.5 cm³/mol. The van der Waals surface area contributed by atoms with Gasteiger partial charge in [-0.1, -0.05) is 35.5 Å². The van der Waals surface area contributed by atoms with E-state index in [4.69, 9.17) is 16.3 Å². The minimum absolute atomic E-state index is 0.384. The molecule has 2 aromatic rings. The first kappa shape index (κ1) is 15.1. The Morgan fingerprint density at radius 2 is 2.10 bits per heavy atom. The second kappa shape index (κ2) is 7.47. The lowest BCUT2D eigenvalue weighted by atomic mass is 10.4. The molecule has 0 atom stereocenters. The maximum Gasteiger partial charge on any atom is 0.157 e. The van der Waals surface area contributed by atoms with E-state index < -0.39 is 0 Å². The Morgan fingerprint density at radius 1 is 1.30 bits per heavy atom. The van der Waals surface area contributed by atoms with Gasteiger partial charge in [0.05, 0.1) is 5.02 Å². The monoisotopic (exact) mass is 309 g/mol. The van der Waals surface area contributed by atoms with Crippen molar-refractivity contribution in [2.45, 2.75) is 23.5 Å². The average molecular weight is 310 g/mol. The van der Waals surface area contributed by atoms with E-state index in [0.29, 0.717) is 12.4 Å². The molecule has 2 rings (SSSR count). The number of rotatable bonds is 6. The second-order valence-corrected chi connectivity index (χ2v) is 5.47. The number of nitrogens with zero attached hydrogens (tertiary/aromatic N) is 2. The molecule has 0 aliphatic carbocycles. The average Bonchev–Trinajstić information content (AvgIpc) is 2.42. The quantitative estimate of drug-likeness (QED) is 0.821. The van der Waals surface area contributed by atoms with Gasteiger partial charge in [-0.05, 0) is 19.1 Å². The van der Waals surface area contributed by atoms with Crippen LogP contribution in [0.15, 0.2) is 40.3 Å². The Labute approximate surface area is 127 Å². The van der Waals surface area contributed by atoms with Crippen LogP contribution in [0.25, 0.3) is 0 Å². The third-order valence-corrected chi connectivity index (χ3v) is 3.87. The van der Waals surface area contributed by atoms with Crippen LogP contribution in [0.5, 0.6) is 0 Å². The van der Waals surface area contributed by atoms with Crippen LogP contribution < -0.4 is 5.32 Å². The van der Waals surface area contributed by atoms with Crippen molar-refractivity contribution in [3.8, 4) is 0 Å². The normalized spacial score (nSPS) is 10.6. The zero-order valence-corrected chi connectivity index (χ0v) is 13.0. The summed E-state index contributed by atoms with van der Waals surface area (Å²) in [5, 5.41) is 4.75. The first-order chi connectivity index (χ1) is 9.72. The highest BCUT2D eigenvalue weighted by molar-refractivity contribution is 7.99. The van der Waals surface area contributed by atoms with Gasteiger partial charge in [0.2, 0.25) is 0 Å². The molecule has 1 aromatic carbocycles. The summed E-state index contributed by atoms with van der Waals surface area (Å²) in [4.78, 5) is 9.82. The van der Waals surface area contributed by atoms with Crippen LogP contribution in [0.3, 0.4) is 0 Å². The number of ether oxygens (including phenoxy) is 1. The summed E-state index contributed by atoms with van der Waals surface area (Å²) < 4.78 is 5.10. The molecule has 20 heavy (non-hydrogen) atoms. The summed E-state index contributed by atoms with van der Waals surface area (Å²) in [6.45, 7) is 3.22. The fourth-order valence-corrected chi connectivity index (χ4v) is 2.74. The van der Waals surface area contributed by atoms with Crippen LogP contribution in [-0.2, 0) is 11.3 Å². The van der Waals surface area contributed by atoms with E-state index in [0.717, 1.165) is 27.3 Å². The number of hydrogen-bond acceptors (Lipinski definition) is 5. The Balaban J connectivity index is 2.28. The van der Waals surface area contributed by atoms with Crippen LogP contribution in [0.2, 0.25) is 5.02 Å². The van der Waals surface area contributed by atoms with E-state index in [1.807, 2.05) is 37.3 Å². The molecule has 106 valence electrons. The van der Waals surface area contributed by atoms with Crippen molar-refractivity contribution in [1.29, 1.82) is 0 Å². The first-order valence-corrected chi connectivity index (χ1v) is 7.45. The molecule has 0 bridgehead atoms. The van der Waals surface area contributed by atoms with E-state index in [1.54, 1.807) is 7.11 Å². The van der Waals surface area contributed by atoms with Crippen molar-refractivity contribution in [3.05, 3.63) is 41.2 Å². The number of anilines is 1. The highest BCUT2D eigenvalue weighted by Crippen LogP contribution is 2.32. The van der Waals surface area contributed by atoms with Crippen molar-refractivity contribution in [2.24, 2.45) is 0 Å². The Morgan fingerprint density at radius 3 is 2.80 bits per heavy atom. The summed E-state index contributed by atoms with van der Waals surface area (Å²) in [5.74, 6) is 1.45. The lowest BCUT2D eigenvalue weighted by Gasteiger charge is -2.09. The van der Waals surface area contributed by atoms with Crippen molar-refractivity contribution < 1.29 is 4.74 Å². The molecule has 0 saturated heterocycles. The Hall–Kier alpha value is -1.30. The molecular weight excluding hydrogens is 294 g/mol. The van der Waals surface area contributed by atoms with Gasteiger partial charge in [-0.25, -0.2) is 9.97 Å². The number of methoxy groups -OCH3 is 1. The van der Waals surface area contributed by atoms with Gasteiger partial charge in [-0.15, -0.1) is 0 Å². The molecule has 0 aliphatic heterocycles.